The Balaban J connectivity index is 2.11. The maximum atomic E-state index is 12.6. The Morgan fingerprint density at radius 3 is 2.86 bits per heavy atom. The minimum absolute atomic E-state index is 0.0868. The SMILES string of the molecule is CCCCc1nnc(-n2c(C)nc3ccccc3c2=O)s1. The molecule has 0 aliphatic rings. The lowest BCUT2D eigenvalue weighted by atomic mass is 10.2. The van der Waals surface area contributed by atoms with Gasteiger partial charge in [-0.25, -0.2) is 9.55 Å². The van der Waals surface area contributed by atoms with Crippen molar-refractivity contribution in [3.8, 4) is 5.13 Å². The van der Waals surface area contributed by atoms with E-state index in [1.807, 2.05) is 25.1 Å². The number of benzene rings is 1. The number of rotatable bonds is 4. The summed E-state index contributed by atoms with van der Waals surface area (Å²) in [6, 6.07) is 7.37. The van der Waals surface area contributed by atoms with Gasteiger partial charge in [-0.05, 0) is 25.5 Å². The number of nitrogens with zero attached hydrogens (tertiary/aromatic N) is 4. The molecule has 2 heterocycles. The van der Waals surface area contributed by atoms with Gasteiger partial charge in [0.1, 0.15) is 10.8 Å². The average Bonchev–Trinajstić information content (AvgIpc) is 2.93. The lowest BCUT2D eigenvalue weighted by molar-refractivity contribution is 0.776. The predicted molar refractivity (Wildman–Crippen MR) is 84.2 cm³/mol. The predicted octanol–water partition coefficient (Wildman–Crippen LogP) is 2.89. The molecule has 0 amide bonds. The second kappa shape index (κ2) is 5.73. The topological polar surface area (TPSA) is 60.7 Å². The number of hydrogen-bond donors (Lipinski definition) is 0. The van der Waals surface area contributed by atoms with Gasteiger partial charge in [-0.3, -0.25) is 4.79 Å². The first kappa shape index (κ1) is 13.9. The zero-order chi connectivity index (χ0) is 14.8. The summed E-state index contributed by atoms with van der Waals surface area (Å²) in [5, 5.41) is 10.5. The van der Waals surface area contributed by atoms with Crippen LogP contribution in [0, 0.1) is 6.92 Å². The van der Waals surface area contributed by atoms with E-state index < -0.39 is 0 Å². The number of aryl methyl sites for hydroxylation is 2. The van der Waals surface area contributed by atoms with E-state index in [9.17, 15) is 4.79 Å². The highest BCUT2D eigenvalue weighted by Crippen LogP contribution is 2.17. The van der Waals surface area contributed by atoms with Gasteiger partial charge >= 0.3 is 0 Å². The van der Waals surface area contributed by atoms with Crippen molar-refractivity contribution in [1.29, 1.82) is 0 Å². The molecule has 0 fully saturated rings. The molecule has 0 unspecified atom stereocenters. The summed E-state index contributed by atoms with van der Waals surface area (Å²) in [4.78, 5) is 17.1. The molecule has 0 saturated heterocycles. The molecule has 3 rings (SSSR count). The van der Waals surface area contributed by atoms with E-state index in [-0.39, 0.29) is 5.56 Å². The lowest BCUT2D eigenvalue weighted by Gasteiger charge is -2.06. The molecule has 0 saturated carbocycles. The molecular formula is C15H16N4OS. The number of unbranched alkanes of at least 4 members (excludes halogenated alkanes) is 1. The molecule has 0 radical (unpaired) electrons. The van der Waals surface area contributed by atoms with Gasteiger partial charge in [0.2, 0.25) is 5.13 Å². The van der Waals surface area contributed by atoms with E-state index in [1.54, 1.807) is 10.6 Å². The third-order valence-electron chi connectivity index (χ3n) is 3.34. The van der Waals surface area contributed by atoms with Crippen LogP contribution in [0.3, 0.4) is 0 Å². The van der Waals surface area contributed by atoms with Crippen molar-refractivity contribution in [2.75, 3.05) is 0 Å². The Morgan fingerprint density at radius 2 is 2.05 bits per heavy atom. The molecule has 2 aromatic heterocycles. The van der Waals surface area contributed by atoms with E-state index in [1.165, 1.54) is 11.3 Å². The molecule has 0 spiro atoms. The zero-order valence-corrected chi connectivity index (χ0v) is 12.9. The van der Waals surface area contributed by atoms with Crippen molar-refractivity contribution in [2.24, 2.45) is 0 Å². The van der Waals surface area contributed by atoms with Gasteiger partial charge in [0.05, 0.1) is 10.9 Å². The van der Waals surface area contributed by atoms with E-state index in [0.29, 0.717) is 21.9 Å². The molecule has 6 heteroatoms. The van der Waals surface area contributed by atoms with Gasteiger partial charge in [-0.15, -0.1) is 10.2 Å². The third-order valence-corrected chi connectivity index (χ3v) is 4.30. The highest BCUT2D eigenvalue weighted by molar-refractivity contribution is 7.13. The van der Waals surface area contributed by atoms with Gasteiger partial charge < -0.3 is 0 Å². The second-order valence-electron chi connectivity index (χ2n) is 4.90. The standard InChI is InChI=1S/C15H16N4OS/c1-3-4-9-13-17-18-15(21-13)19-10(2)16-12-8-6-5-7-11(12)14(19)20/h5-8H,3-4,9H2,1-2H3. The lowest BCUT2D eigenvalue weighted by Crippen LogP contribution is -2.22. The molecule has 0 aliphatic heterocycles. The highest BCUT2D eigenvalue weighted by atomic mass is 32.1. The zero-order valence-electron chi connectivity index (χ0n) is 12.0. The van der Waals surface area contributed by atoms with Gasteiger partial charge in [-0.2, -0.15) is 0 Å². The van der Waals surface area contributed by atoms with Crippen molar-refractivity contribution >= 4 is 22.2 Å². The van der Waals surface area contributed by atoms with Crippen LogP contribution in [0.25, 0.3) is 16.0 Å². The fourth-order valence-electron chi connectivity index (χ4n) is 2.23. The van der Waals surface area contributed by atoms with Gasteiger partial charge in [0.15, 0.2) is 0 Å². The number of para-hydroxylation sites is 1. The Morgan fingerprint density at radius 1 is 1.24 bits per heavy atom. The molecule has 3 aromatic rings. The average molecular weight is 300 g/mol. The van der Waals surface area contributed by atoms with Crippen molar-refractivity contribution in [2.45, 2.75) is 33.1 Å². The van der Waals surface area contributed by atoms with Gasteiger partial charge in [0, 0.05) is 6.42 Å². The van der Waals surface area contributed by atoms with Crippen LogP contribution >= 0.6 is 11.3 Å². The molecule has 0 aliphatic carbocycles. The Bertz CT molecular complexity index is 837. The fourth-order valence-corrected chi connectivity index (χ4v) is 3.16. The summed E-state index contributed by atoms with van der Waals surface area (Å²) in [5.41, 5.74) is 0.628. The first-order valence-electron chi connectivity index (χ1n) is 7.02. The highest BCUT2D eigenvalue weighted by Gasteiger charge is 2.13. The van der Waals surface area contributed by atoms with Crippen LogP contribution < -0.4 is 5.56 Å². The molecule has 0 N–H and O–H groups in total. The third kappa shape index (κ3) is 2.58. The van der Waals surface area contributed by atoms with Gasteiger partial charge in [0.25, 0.3) is 5.56 Å². The largest absolute Gasteiger partial charge is 0.268 e. The van der Waals surface area contributed by atoms with Crippen LogP contribution in [0.1, 0.15) is 30.6 Å². The number of fused-ring (bicyclic) bond motifs is 1. The summed E-state index contributed by atoms with van der Waals surface area (Å²) in [6.45, 7) is 3.96. The number of hydrogen-bond acceptors (Lipinski definition) is 5. The minimum atomic E-state index is -0.0868. The van der Waals surface area contributed by atoms with Gasteiger partial charge in [-0.1, -0.05) is 36.8 Å². The van der Waals surface area contributed by atoms with Crippen LogP contribution in [0.4, 0.5) is 0 Å². The molecule has 0 bridgehead atoms. The first-order chi connectivity index (χ1) is 10.2. The van der Waals surface area contributed by atoms with Crippen LogP contribution in [-0.2, 0) is 6.42 Å². The Kier molecular flexibility index (Phi) is 3.79. The molecule has 1 aromatic carbocycles. The van der Waals surface area contributed by atoms with Crippen molar-refractivity contribution < 1.29 is 0 Å². The first-order valence-corrected chi connectivity index (χ1v) is 7.83. The van der Waals surface area contributed by atoms with Crippen molar-refractivity contribution in [3.05, 3.63) is 45.5 Å². The summed E-state index contributed by atoms with van der Waals surface area (Å²) in [7, 11) is 0. The second-order valence-corrected chi connectivity index (χ2v) is 5.94. The van der Waals surface area contributed by atoms with E-state index >= 15 is 0 Å². The van der Waals surface area contributed by atoms with E-state index in [2.05, 4.69) is 22.1 Å². The summed E-state index contributed by atoms with van der Waals surface area (Å²) in [6.07, 6.45) is 3.10. The maximum absolute atomic E-state index is 12.6. The fraction of sp³-hybridized carbons (Fsp3) is 0.333. The molecular weight excluding hydrogens is 284 g/mol. The van der Waals surface area contributed by atoms with Crippen LogP contribution in [-0.4, -0.2) is 19.7 Å². The maximum Gasteiger partial charge on any atom is 0.267 e. The molecule has 0 atom stereocenters. The van der Waals surface area contributed by atoms with Crippen molar-refractivity contribution in [3.63, 3.8) is 0 Å². The summed E-state index contributed by atoms with van der Waals surface area (Å²) < 4.78 is 1.55. The molecule has 21 heavy (non-hydrogen) atoms. The number of aromatic nitrogens is 4. The monoisotopic (exact) mass is 300 g/mol. The van der Waals surface area contributed by atoms with Crippen LogP contribution in [0.15, 0.2) is 29.1 Å². The smallest absolute Gasteiger partial charge is 0.267 e. The minimum Gasteiger partial charge on any atom is -0.268 e. The van der Waals surface area contributed by atoms with Crippen LogP contribution in [0.2, 0.25) is 0 Å². The summed E-state index contributed by atoms with van der Waals surface area (Å²) in [5.74, 6) is 0.636. The Hall–Kier alpha value is -2.08. The molecule has 5 nitrogen and oxygen atoms in total. The van der Waals surface area contributed by atoms with Crippen molar-refractivity contribution in [1.82, 2.24) is 19.7 Å². The summed E-state index contributed by atoms with van der Waals surface area (Å²) >= 11 is 1.46. The Labute approximate surface area is 126 Å². The van der Waals surface area contributed by atoms with Crippen LogP contribution in [0.5, 0.6) is 0 Å². The van der Waals surface area contributed by atoms with E-state index in [0.717, 1.165) is 24.3 Å². The quantitative estimate of drug-likeness (QED) is 0.743. The van der Waals surface area contributed by atoms with E-state index in [4.69, 9.17) is 0 Å². The molecule has 108 valence electrons. The normalized spacial score (nSPS) is 11.1.